The molecule has 3 N–H and O–H groups in total. The maximum atomic E-state index is 6.00. The van der Waals surface area contributed by atoms with Gasteiger partial charge in [0.05, 0.1) is 17.1 Å². The number of nitrogens with zero attached hydrogens (tertiary/aromatic N) is 3. The molecule has 0 saturated carbocycles. The highest BCUT2D eigenvalue weighted by Crippen LogP contribution is 2.21. The van der Waals surface area contributed by atoms with E-state index in [0.717, 1.165) is 28.6 Å². The third-order valence-corrected chi connectivity index (χ3v) is 4.15. The number of imidazole rings is 1. The summed E-state index contributed by atoms with van der Waals surface area (Å²) in [6.45, 7) is 0.729. The van der Waals surface area contributed by atoms with Crippen LogP contribution in [-0.2, 0) is 6.54 Å². The van der Waals surface area contributed by atoms with Crippen LogP contribution >= 0.6 is 11.3 Å². The van der Waals surface area contributed by atoms with E-state index in [0.29, 0.717) is 5.84 Å². The molecule has 22 heavy (non-hydrogen) atoms. The number of aromatic nitrogens is 2. The molecule has 6 heteroatoms. The number of anilines is 1. The molecule has 5 nitrogen and oxygen atoms in total. The quantitative estimate of drug-likeness (QED) is 0.562. The standard InChI is InChI=1S/C16H17N5S/c1-21(11-15-18-8-9-19-15)13-6-4-12(5-7-13)20-16(17)14-3-2-10-22-14/h2-10H,11H2,1H3,(H2,17,20)(H,18,19). The maximum absolute atomic E-state index is 6.00. The second kappa shape index (κ2) is 6.44. The molecule has 0 unspecified atom stereocenters. The molecular weight excluding hydrogens is 294 g/mol. The third kappa shape index (κ3) is 3.35. The van der Waals surface area contributed by atoms with Gasteiger partial charge in [-0.3, -0.25) is 0 Å². The van der Waals surface area contributed by atoms with Gasteiger partial charge in [-0.1, -0.05) is 6.07 Å². The van der Waals surface area contributed by atoms with E-state index in [1.807, 2.05) is 55.0 Å². The molecule has 0 fully saturated rings. The van der Waals surface area contributed by atoms with Crippen molar-refractivity contribution in [2.45, 2.75) is 6.54 Å². The predicted octanol–water partition coefficient (Wildman–Crippen LogP) is 3.14. The Balaban J connectivity index is 1.71. The Labute approximate surface area is 133 Å². The number of rotatable bonds is 5. The molecule has 3 aromatic rings. The Morgan fingerprint density at radius 2 is 2.14 bits per heavy atom. The average Bonchev–Trinajstić information content (AvgIpc) is 3.21. The number of aliphatic imine (C=N–C) groups is 1. The highest BCUT2D eigenvalue weighted by atomic mass is 32.1. The van der Waals surface area contributed by atoms with Crippen LogP contribution in [0.2, 0.25) is 0 Å². The van der Waals surface area contributed by atoms with E-state index in [2.05, 4.69) is 19.9 Å². The summed E-state index contributed by atoms with van der Waals surface area (Å²) in [6, 6.07) is 11.9. The second-order valence-electron chi connectivity index (χ2n) is 4.88. The van der Waals surface area contributed by atoms with E-state index >= 15 is 0 Å². The van der Waals surface area contributed by atoms with E-state index in [-0.39, 0.29) is 0 Å². The molecule has 0 radical (unpaired) electrons. The van der Waals surface area contributed by atoms with Crippen molar-refractivity contribution in [3.8, 4) is 0 Å². The summed E-state index contributed by atoms with van der Waals surface area (Å²) in [4.78, 5) is 14.9. The number of nitrogens with one attached hydrogen (secondary N) is 1. The van der Waals surface area contributed by atoms with Crippen molar-refractivity contribution in [1.29, 1.82) is 0 Å². The van der Waals surface area contributed by atoms with Gasteiger partial charge in [0, 0.05) is 25.1 Å². The van der Waals surface area contributed by atoms with Crippen LogP contribution < -0.4 is 10.6 Å². The molecule has 0 aliphatic carbocycles. The van der Waals surface area contributed by atoms with Crippen LogP contribution in [0.3, 0.4) is 0 Å². The molecule has 0 aliphatic heterocycles. The van der Waals surface area contributed by atoms with Gasteiger partial charge in [0.1, 0.15) is 11.7 Å². The first-order valence-electron chi connectivity index (χ1n) is 6.90. The van der Waals surface area contributed by atoms with Crippen LogP contribution in [0.5, 0.6) is 0 Å². The second-order valence-corrected chi connectivity index (χ2v) is 5.83. The first-order valence-corrected chi connectivity index (χ1v) is 7.78. The highest BCUT2D eigenvalue weighted by molar-refractivity contribution is 7.12. The monoisotopic (exact) mass is 311 g/mol. The molecule has 112 valence electrons. The SMILES string of the molecule is CN(Cc1ncc[nH]1)c1ccc(N=C(N)c2cccs2)cc1. The number of hydrogen-bond acceptors (Lipinski definition) is 4. The van der Waals surface area contributed by atoms with Gasteiger partial charge in [0.2, 0.25) is 0 Å². The zero-order valence-corrected chi connectivity index (χ0v) is 13.0. The van der Waals surface area contributed by atoms with Crippen molar-refractivity contribution in [1.82, 2.24) is 9.97 Å². The fourth-order valence-corrected chi connectivity index (χ4v) is 2.73. The fraction of sp³-hybridized carbons (Fsp3) is 0.125. The normalized spacial score (nSPS) is 11.6. The van der Waals surface area contributed by atoms with Crippen LogP contribution in [0, 0.1) is 0 Å². The van der Waals surface area contributed by atoms with E-state index in [4.69, 9.17) is 5.73 Å². The Morgan fingerprint density at radius 3 is 2.77 bits per heavy atom. The van der Waals surface area contributed by atoms with E-state index in [1.54, 1.807) is 17.5 Å². The minimum Gasteiger partial charge on any atom is -0.383 e. The van der Waals surface area contributed by atoms with Crippen LogP contribution in [0.1, 0.15) is 10.7 Å². The minimum atomic E-state index is 0.548. The molecule has 0 spiro atoms. The number of nitrogens with two attached hydrogens (primary N) is 1. The largest absolute Gasteiger partial charge is 0.383 e. The zero-order chi connectivity index (χ0) is 15.4. The van der Waals surface area contributed by atoms with Crippen LogP contribution in [-0.4, -0.2) is 22.9 Å². The summed E-state index contributed by atoms with van der Waals surface area (Å²) < 4.78 is 0. The molecule has 0 bridgehead atoms. The first-order chi connectivity index (χ1) is 10.7. The Bertz CT molecular complexity index is 729. The summed E-state index contributed by atoms with van der Waals surface area (Å²) >= 11 is 1.59. The van der Waals surface area contributed by atoms with Crippen molar-refractivity contribution in [3.05, 3.63) is 64.9 Å². The Hall–Kier alpha value is -2.60. The number of amidine groups is 1. The van der Waals surface area contributed by atoms with Crippen LogP contribution in [0.4, 0.5) is 11.4 Å². The predicted molar refractivity (Wildman–Crippen MR) is 91.8 cm³/mol. The number of hydrogen-bond donors (Lipinski definition) is 2. The van der Waals surface area contributed by atoms with Crippen LogP contribution in [0.25, 0.3) is 0 Å². The zero-order valence-electron chi connectivity index (χ0n) is 12.2. The molecule has 0 atom stereocenters. The number of benzene rings is 1. The molecule has 0 saturated heterocycles. The molecule has 0 aliphatic rings. The van der Waals surface area contributed by atoms with Crippen molar-refractivity contribution >= 4 is 28.5 Å². The molecule has 2 heterocycles. The lowest BCUT2D eigenvalue weighted by Crippen LogP contribution is -2.17. The van der Waals surface area contributed by atoms with Gasteiger partial charge in [-0.25, -0.2) is 9.98 Å². The number of H-pyrrole nitrogens is 1. The number of thiophene rings is 1. The van der Waals surface area contributed by atoms with Gasteiger partial charge < -0.3 is 15.6 Å². The van der Waals surface area contributed by atoms with Gasteiger partial charge >= 0.3 is 0 Å². The molecule has 2 aromatic heterocycles. The lowest BCUT2D eigenvalue weighted by atomic mass is 10.2. The van der Waals surface area contributed by atoms with Gasteiger partial charge in [-0.05, 0) is 35.7 Å². The van der Waals surface area contributed by atoms with Crippen molar-refractivity contribution in [3.63, 3.8) is 0 Å². The van der Waals surface area contributed by atoms with Gasteiger partial charge in [0.25, 0.3) is 0 Å². The van der Waals surface area contributed by atoms with Gasteiger partial charge in [0.15, 0.2) is 0 Å². The fourth-order valence-electron chi connectivity index (χ4n) is 2.10. The summed E-state index contributed by atoms with van der Waals surface area (Å²) in [5.74, 6) is 1.48. The topological polar surface area (TPSA) is 70.3 Å². The van der Waals surface area contributed by atoms with E-state index in [1.165, 1.54) is 0 Å². The average molecular weight is 311 g/mol. The van der Waals surface area contributed by atoms with E-state index in [9.17, 15) is 0 Å². The Morgan fingerprint density at radius 1 is 1.32 bits per heavy atom. The summed E-state index contributed by atoms with van der Waals surface area (Å²) in [5, 5.41) is 1.99. The third-order valence-electron chi connectivity index (χ3n) is 3.26. The minimum absolute atomic E-state index is 0.548. The maximum Gasteiger partial charge on any atom is 0.141 e. The molecule has 3 rings (SSSR count). The van der Waals surface area contributed by atoms with Gasteiger partial charge in [-0.15, -0.1) is 11.3 Å². The van der Waals surface area contributed by atoms with Crippen LogP contribution in [0.15, 0.2) is 59.2 Å². The van der Waals surface area contributed by atoms with Gasteiger partial charge in [-0.2, -0.15) is 0 Å². The van der Waals surface area contributed by atoms with Crippen molar-refractivity contribution in [2.24, 2.45) is 10.7 Å². The van der Waals surface area contributed by atoms with Crippen molar-refractivity contribution < 1.29 is 0 Å². The smallest absolute Gasteiger partial charge is 0.141 e. The van der Waals surface area contributed by atoms with E-state index < -0.39 is 0 Å². The molecular formula is C16H17N5S. The Kier molecular flexibility index (Phi) is 4.20. The first kappa shape index (κ1) is 14.3. The number of aromatic amines is 1. The summed E-state index contributed by atoms with van der Waals surface area (Å²) in [5.41, 5.74) is 7.95. The summed E-state index contributed by atoms with van der Waals surface area (Å²) in [7, 11) is 2.03. The van der Waals surface area contributed by atoms with Crippen molar-refractivity contribution in [2.75, 3.05) is 11.9 Å². The molecule has 0 amide bonds. The molecule has 1 aromatic carbocycles. The lowest BCUT2D eigenvalue weighted by Gasteiger charge is -2.17. The summed E-state index contributed by atoms with van der Waals surface area (Å²) in [6.07, 6.45) is 3.59. The lowest BCUT2D eigenvalue weighted by molar-refractivity contribution is 0.860. The highest BCUT2D eigenvalue weighted by Gasteiger charge is 2.04.